The van der Waals surface area contributed by atoms with Crippen LogP contribution in [0.3, 0.4) is 0 Å². The fourth-order valence-electron chi connectivity index (χ4n) is 3.53. The van der Waals surface area contributed by atoms with Crippen LogP contribution in [-0.4, -0.2) is 30.7 Å². The van der Waals surface area contributed by atoms with Gasteiger partial charge in [-0.2, -0.15) is 0 Å². The maximum atomic E-state index is 12.3. The number of amides is 1. The van der Waals surface area contributed by atoms with Gasteiger partial charge in [0.2, 0.25) is 0 Å². The van der Waals surface area contributed by atoms with Gasteiger partial charge >= 0.3 is 11.6 Å². The second-order valence-corrected chi connectivity index (χ2v) is 7.40. The normalized spacial score (nSPS) is 11.6. The van der Waals surface area contributed by atoms with Crippen molar-refractivity contribution in [3.05, 3.63) is 94.8 Å². The molecule has 1 atom stereocenters. The Morgan fingerprint density at radius 1 is 0.971 bits per heavy atom. The van der Waals surface area contributed by atoms with Gasteiger partial charge in [0.25, 0.3) is 5.91 Å². The zero-order valence-corrected chi connectivity index (χ0v) is 18.2. The summed E-state index contributed by atoms with van der Waals surface area (Å²) in [7, 11) is 1.58. The molecule has 8 heteroatoms. The number of aliphatic carboxylic acids is 1. The molecular formula is C26H21NO7. The molecule has 8 nitrogen and oxygen atoms in total. The summed E-state index contributed by atoms with van der Waals surface area (Å²) in [6.07, 6.45) is 0. The minimum Gasteiger partial charge on any atom is -0.497 e. The molecule has 3 aromatic carbocycles. The molecule has 1 aromatic heterocycles. The number of carbonyl (C=O) groups excluding carboxylic acids is 1. The molecule has 172 valence electrons. The van der Waals surface area contributed by atoms with Crippen molar-refractivity contribution in [1.82, 2.24) is 5.32 Å². The van der Waals surface area contributed by atoms with Gasteiger partial charge in [-0.25, -0.2) is 9.59 Å². The lowest BCUT2D eigenvalue weighted by molar-refractivity contribution is -0.142. The quantitative estimate of drug-likeness (QED) is 0.385. The van der Waals surface area contributed by atoms with Crippen molar-refractivity contribution in [3.8, 4) is 22.6 Å². The number of benzene rings is 3. The second-order valence-electron chi connectivity index (χ2n) is 7.40. The first-order valence-electron chi connectivity index (χ1n) is 10.4. The van der Waals surface area contributed by atoms with E-state index in [9.17, 15) is 19.5 Å². The highest BCUT2D eigenvalue weighted by atomic mass is 16.5. The van der Waals surface area contributed by atoms with Crippen LogP contribution < -0.4 is 20.4 Å². The van der Waals surface area contributed by atoms with E-state index in [0.717, 1.165) is 5.56 Å². The number of carboxylic acids is 1. The zero-order chi connectivity index (χ0) is 24.1. The standard InChI is InChI=1S/C26H21NO7/c1-32-18-9-7-16(8-10-18)21-14-24(29)34-22-13-19(11-12-20(21)22)33-15-23(28)27-25(26(30)31)17-5-3-2-4-6-17/h2-14,25H,15H2,1H3,(H,27,28)(H,30,31). The van der Waals surface area contributed by atoms with Crippen LogP contribution in [0.2, 0.25) is 0 Å². The van der Waals surface area contributed by atoms with Crippen molar-refractivity contribution in [2.24, 2.45) is 0 Å². The Hall–Kier alpha value is -4.59. The summed E-state index contributed by atoms with van der Waals surface area (Å²) in [5.41, 5.74) is 1.71. The lowest BCUT2D eigenvalue weighted by Gasteiger charge is -2.15. The van der Waals surface area contributed by atoms with E-state index >= 15 is 0 Å². The summed E-state index contributed by atoms with van der Waals surface area (Å²) in [4.78, 5) is 36.0. The number of hydrogen-bond acceptors (Lipinski definition) is 6. The SMILES string of the molecule is COc1ccc(-c2cc(=O)oc3cc(OCC(=O)NC(C(=O)O)c4ccccc4)ccc23)cc1. The summed E-state index contributed by atoms with van der Waals surface area (Å²) >= 11 is 0. The minimum absolute atomic E-state index is 0.295. The largest absolute Gasteiger partial charge is 0.497 e. The number of fused-ring (bicyclic) bond motifs is 1. The zero-order valence-electron chi connectivity index (χ0n) is 18.2. The van der Waals surface area contributed by atoms with Crippen molar-refractivity contribution in [2.45, 2.75) is 6.04 Å². The average Bonchev–Trinajstić information content (AvgIpc) is 2.85. The molecule has 1 heterocycles. The fourth-order valence-corrected chi connectivity index (χ4v) is 3.53. The van der Waals surface area contributed by atoms with Crippen molar-refractivity contribution in [1.29, 1.82) is 0 Å². The molecule has 34 heavy (non-hydrogen) atoms. The molecule has 0 aliphatic heterocycles. The van der Waals surface area contributed by atoms with E-state index in [4.69, 9.17) is 13.9 Å². The van der Waals surface area contributed by atoms with Crippen LogP contribution >= 0.6 is 0 Å². The molecule has 0 saturated carbocycles. The Balaban J connectivity index is 1.51. The molecule has 0 fully saturated rings. The van der Waals surface area contributed by atoms with Gasteiger partial charge in [-0.3, -0.25) is 4.79 Å². The first-order valence-corrected chi connectivity index (χ1v) is 10.4. The smallest absolute Gasteiger partial charge is 0.336 e. The summed E-state index contributed by atoms with van der Waals surface area (Å²) < 4.78 is 16.0. The Morgan fingerprint density at radius 3 is 2.35 bits per heavy atom. The fraction of sp³-hybridized carbons (Fsp3) is 0.115. The Kier molecular flexibility index (Phi) is 6.59. The number of carbonyl (C=O) groups is 2. The third kappa shape index (κ3) is 5.07. The molecule has 1 amide bonds. The average molecular weight is 459 g/mol. The van der Waals surface area contributed by atoms with Crippen LogP contribution in [0.4, 0.5) is 0 Å². The summed E-state index contributed by atoms with van der Waals surface area (Å²) in [5, 5.41) is 12.6. The van der Waals surface area contributed by atoms with Crippen LogP contribution in [0.25, 0.3) is 22.1 Å². The van der Waals surface area contributed by atoms with Crippen LogP contribution in [0.5, 0.6) is 11.5 Å². The molecular weight excluding hydrogens is 438 g/mol. The number of carboxylic acid groups (broad SMARTS) is 1. The van der Waals surface area contributed by atoms with Crippen molar-refractivity contribution in [2.75, 3.05) is 13.7 Å². The number of nitrogens with one attached hydrogen (secondary N) is 1. The van der Waals surface area contributed by atoms with Crippen LogP contribution in [0, 0.1) is 0 Å². The van der Waals surface area contributed by atoms with E-state index in [1.54, 1.807) is 61.7 Å². The molecule has 0 bridgehead atoms. The first kappa shape index (κ1) is 22.6. The van der Waals surface area contributed by atoms with Gasteiger partial charge in [0.1, 0.15) is 17.1 Å². The van der Waals surface area contributed by atoms with Crippen molar-refractivity contribution < 1.29 is 28.6 Å². The maximum Gasteiger partial charge on any atom is 0.336 e. The van der Waals surface area contributed by atoms with Crippen molar-refractivity contribution >= 4 is 22.8 Å². The number of rotatable bonds is 8. The van der Waals surface area contributed by atoms with E-state index in [1.165, 1.54) is 12.1 Å². The highest BCUT2D eigenvalue weighted by Gasteiger charge is 2.22. The summed E-state index contributed by atoms with van der Waals surface area (Å²) in [6.45, 7) is -0.412. The molecule has 2 N–H and O–H groups in total. The minimum atomic E-state index is -1.20. The van der Waals surface area contributed by atoms with Gasteiger partial charge in [0, 0.05) is 17.5 Å². The Morgan fingerprint density at radius 2 is 1.68 bits per heavy atom. The van der Waals surface area contributed by atoms with Gasteiger partial charge in [0.05, 0.1) is 7.11 Å². The third-order valence-electron chi connectivity index (χ3n) is 5.17. The molecule has 0 aliphatic rings. The number of hydrogen-bond donors (Lipinski definition) is 2. The molecule has 0 saturated heterocycles. The highest BCUT2D eigenvalue weighted by molar-refractivity contribution is 5.94. The third-order valence-corrected chi connectivity index (χ3v) is 5.17. The molecule has 0 aliphatic carbocycles. The predicted octanol–water partition coefficient (Wildman–Crippen LogP) is 3.79. The predicted molar refractivity (Wildman–Crippen MR) is 125 cm³/mol. The van der Waals surface area contributed by atoms with Gasteiger partial charge in [-0.1, -0.05) is 42.5 Å². The van der Waals surface area contributed by atoms with Gasteiger partial charge in [0.15, 0.2) is 12.6 Å². The molecule has 4 rings (SSSR count). The van der Waals surface area contributed by atoms with E-state index in [2.05, 4.69) is 5.32 Å². The Labute approximate surface area is 194 Å². The first-order chi connectivity index (χ1) is 16.4. The number of ether oxygens (including phenoxy) is 2. The van der Waals surface area contributed by atoms with E-state index < -0.39 is 30.2 Å². The molecule has 1 unspecified atom stereocenters. The maximum absolute atomic E-state index is 12.3. The van der Waals surface area contributed by atoms with Gasteiger partial charge < -0.3 is 24.3 Å². The lowest BCUT2D eigenvalue weighted by Crippen LogP contribution is -2.36. The van der Waals surface area contributed by atoms with Crippen LogP contribution in [0.15, 0.2) is 88.1 Å². The molecule has 0 radical (unpaired) electrons. The number of methoxy groups -OCH3 is 1. The second kappa shape index (κ2) is 9.91. The van der Waals surface area contributed by atoms with E-state index in [-0.39, 0.29) is 0 Å². The topological polar surface area (TPSA) is 115 Å². The summed E-state index contributed by atoms with van der Waals surface area (Å²) in [6, 6.07) is 20.8. The monoisotopic (exact) mass is 459 g/mol. The highest BCUT2D eigenvalue weighted by Crippen LogP contribution is 2.30. The van der Waals surface area contributed by atoms with Gasteiger partial charge in [-0.15, -0.1) is 0 Å². The van der Waals surface area contributed by atoms with Crippen molar-refractivity contribution in [3.63, 3.8) is 0 Å². The van der Waals surface area contributed by atoms with E-state index in [0.29, 0.717) is 33.6 Å². The lowest BCUT2D eigenvalue weighted by atomic mass is 10.0. The summed E-state index contributed by atoms with van der Waals surface area (Å²) in [5.74, 6) is -0.797. The van der Waals surface area contributed by atoms with Crippen LogP contribution in [0.1, 0.15) is 11.6 Å². The molecule has 4 aromatic rings. The Bertz CT molecular complexity index is 1380. The van der Waals surface area contributed by atoms with E-state index in [1.807, 2.05) is 12.1 Å². The van der Waals surface area contributed by atoms with Crippen LogP contribution in [-0.2, 0) is 9.59 Å². The molecule has 0 spiro atoms. The van der Waals surface area contributed by atoms with Gasteiger partial charge in [-0.05, 0) is 41.0 Å².